The number of aromatic nitrogens is 1. The minimum Gasteiger partial charge on any atom is -0.375 e. The van der Waals surface area contributed by atoms with Gasteiger partial charge in [0, 0.05) is 18.8 Å². The van der Waals surface area contributed by atoms with E-state index in [9.17, 15) is 0 Å². The fourth-order valence-corrected chi connectivity index (χ4v) is 3.30. The van der Waals surface area contributed by atoms with Gasteiger partial charge in [0.2, 0.25) is 0 Å². The summed E-state index contributed by atoms with van der Waals surface area (Å²) in [5.74, 6) is 0.943. The van der Waals surface area contributed by atoms with Crippen molar-refractivity contribution in [3.63, 3.8) is 0 Å². The van der Waals surface area contributed by atoms with Crippen LogP contribution in [0.5, 0.6) is 0 Å². The second-order valence-corrected chi connectivity index (χ2v) is 6.27. The standard InChI is InChI=1S/C15H23BrN2O/c1-4-15(5-2)9-12(6-7-19-15)18-14-13(16)8-11(3)10-17-14/h8,10,12H,4-7,9H2,1-3H3,(H,17,18). The molecular formula is C15H23BrN2O. The lowest BCUT2D eigenvalue weighted by Crippen LogP contribution is -2.43. The Labute approximate surface area is 124 Å². The van der Waals surface area contributed by atoms with Crippen molar-refractivity contribution >= 4 is 21.7 Å². The predicted molar refractivity (Wildman–Crippen MR) is 82.6 cm³/mol. The van der Waals surface area contributed by atoms with Gasteiger partial charge in [0.25, 0.3) is 0 Å². The highest BCUT2D eigenvalue weighted by Crippen LogP contribution is 2.33. The Balaban J connectivity index is 2.06. The van der Waals surface area contributed by atoms with Gasteiger partial charge in [-0.3, -0.25) is 0 Å². The van der Waals surface area contributed by atoms with E-state index >= 15 is 0 Å². The van der Waals surface area contributed by atoms with E-state index in [-0.39, 0.29) is 5.60 Å². The van der Waals surface area contributed by atoms with Crippen LogP contribution < -0.4 is 5.32 Å². The zero-order valence-electron chi connectivity index (χ0n) is 12.0. The highest BCUT2D eigenvalue weighted by Gasteiger charge is 2.34. The molecule has 0 bridgehead atoms. The van der Waals surface area contributed by atoms with E-state index in [1.165, 1.54) is 5.56 Å². The summed E-state index contributed by atoms with van der Waals surface area (Å²) in [7, 11) is 0. The molecular weight excluding hydrogens is 304 g/mol. The van der Waals surface area contributed by atoms with Crippen molar-refractivity contribution in [2.45, 2.75) is 58.1 Å². The van der Waals surface area contributed by atoms with Gasteiger partial charge in [-0.1, -0.05) is 13.8 Å². The van der Waals surface area contributed by atoms with Crippen LogP contribution in [0.2, 0.25) is 0 Å². The highest BCUT2D eigenvalue weighted by atomic mass is 79.9. The van der Waals surface area contributed by atoms with E-state index < -0.39 is 0 Å². The highest BCUT2D eigenvalue weighted by molar-refractivity contribution is 9.10. The number of ether oxygens (including phenoxy) is 1. The van der Waals surface area contributed by atoms with Gasteiger partial charge in [0.1, 0.15) is 5.82 Å². The third-order valence-corrected chi connectivity index (χ3v) is 4.70. The van der Waals surface area contributed by atoms with Crippen LogP contribution in [0.15, 0.2) is 16.7 Å². The Morgan fingerprint density at radius 3 is 2.84 bits per heavy atom. The number of anilines is 1. The topological polar surface area (TPSA) is 34.2 Å². The number of hydrogen-bond donors (Lipinski definition) is 1. The normalized spacial score (nSPS) is 22.2. The molecule has 1 atom stereocenters. The molecule has 106 valence electrons. The third-order valence-electron chi connectivity index (χ3n) is 4.10. The molecule has 0 aliphatic carbocycles. The van der Waals surface area contributed by atoms with Crippen molar-refractivity contribution in [1.82, 2.24) is 4.98 Å². The van der Waals surface area contributed by atoms with Crippen LogP contribution in [0.3, 0.4) is 0 Å². The van der Waals surface area contributed by atoms with Crippen LogP contribution in [-0.2, 0) is 4.74 Å². The van der Waals surface area contributed by atoms with Gasteiger partial charge >= 0.3 is 0 Å². The van der Waals surface area contributed by atoms with Crippen LogP contribution in [0.25, 0.3) is 0 Å². The number of pyridine rings is 1. The van der Waals surface area contributed by atoms with Gasteiger partial charge in [-0.15, -0.1) is 0 Å². The average Bonchev–Trinajstić information content (AvgIpc) is 2.42. The molecule has 1 aromatic rings. The Morgan fingerprint density at radius 2 is 2.21 bits per heavy atom. The first-order valence-corrected chi connectivity index (χ1v) is 7.90. The van der Waals surface area contributed by atoms with E-state index in [1.807, 2.05) is 6.20 Å². The Kier molecular flexibility index (Phi) is 4.85. The van der Waals surface area contributed by atoms with Crippen LogP contribution >= 0.6 is 15.9 Å². The van der Waals surface area contributed by atoms with E-state index in [4.69, 9.17) is 4.74 Å². The lowest BCUT2D eigenvalue weighted by atomic mass is 9.86. The summed E-state index contributed by atoms with van der Waals surface area (Å²) in [6.45, 7) is 7.32. The molecule has 3 nitrogen and oxygen atoms in total. The first-order valence-electron chi connectivity index (χ1n) is 7.11. The molecule has 1 aliphatic rings. The Bertz CT molecular complexity index is 432. The fraction of sp³-hybridized carbons (Fsp3) is 0.667. The molecule has 2 heterocycles. The number of halogens is 1. The number of aryl methyl sites for hydroxylation is 1. The van der Waals surface area contributed by atoms with Crippen LogP contribution in [0.1, 0.15) is 45.1 Å². The molecule has 2 rings (SSSR count). The van der Waals surface area contributed by atoms with Crippen molar-refractivity contribution < 1.29 is 4.74 Å². The van der Waals surface area contributed by atoms with Gasteiger partial charge in [0.15, 0.2) is 0 Å². The summed E-state index contributed by atoms with van der Waals surface area (Å²) in [6, 6.07) is 2.54. The van der Waals surface area contributed by atoms with Gasteiger partial charge in [-0.25, -0.2) is 4.98 Å². The number of hydrogen-bond acceptors (Lipinski definition) is 3. The molecule has 0 spiro atoms. The SMILES string of the molecule is CCC1(CC)CC(Nc2ncc(C)cc2Br)CCO1. The fourth-order valence-electron chi connectivity index (χ4n) is 2.73. The van der Waals surface area contributed by atoms with E-state index in [1.54, 1.807) is 0 Å². The van der Waals surface area contributed by atoms with Crippen molar-refractivity contribution in [2.75, 3.05) is 11.9 Å². The first-order chi connectivity index (χ1) is 9.08. The van der Waals surface area contributed by atoms with Gasteiger partial charge in [0.05, 0.1) is 10.1 Å². The lowest BCUT2D eigenvalue weighted by molar-refractivity contribution is -0.0864. The minimum atomic E-state index is 0.0487. The number of nitrogens with one attached hydrogen (secondary N) is 1. The van der Waals surface area contributed by atoms with Crippen LogP contribution in [0, 0.1) is 6.92 Å². The summed E-state index contributed by atoms with van der Waals surface area (Å²) < 4.78 is 7.05. The summed E-state index contributed by atoms with van der Waals surface area (Å²) in [4.78, 5) is 4.47. The Morgan fingerprint density at radius 1 is 1.47 bits per heavy atom. The zero-order valence-corrected chi connectivity index (χ0v) is 13.6. The van der Waals surface area contributed by atoms with Crippen LogP contribution in [0.4, 0.5) is 5.82 Å². The molecule has 19 heavy (non-hydrogen) atoms. The Hall–Kier alpha value is -0.610. The van der Waals surface area contributed by atoms with Gasteiger partial charge in [-0.05, 0) is 60.2 Å². The maximum Gasteiger partial charge on any atom is 0.140 e. The number of nitrogens with zero attached hydrogens (tertiary/aromatic N) is 1. The first kappa shape index (κ1) is 14.8. The second kappa shape index (κ2) is 6.23. The third kappa shape index (κ3) is 3.48. The minimum absolute atomic E-state index is 0.0487. The molecule has 1 N–H and O–H groups in total. The molecule has 0 aromatic carbocycles. The monoisotopic (exact) mass is 326 g/mol. The van der Waals surface area contributed by atoms with E-state index in [2.05, 4.69) is 53.1 Å². The van der Waals surface area contributed by atoms with E-state index in [0.29, 0.717) is 6.04 Å². The second-order valence-electron chi connectivity index (χ2n) is 5.42. The summed E-state index contributed by atoms with van der Waals surface area (Å²) >= 11 is 3.58. The molecule has 0 radical (unpaired) electrons. The van der Waals surface area contributed by atoms with Gasteiger partial charge < -0.3 is 10.1 Å². The van der Waals surface area contributed by atoms with E-state index in [0.717, 1.165) is 42.6 Å². The summed E-state index contributed by atoms with van der Waals surface area (Å²) in [6.07, 6.45) is 6.15. The quantitative estimate of drug-likeness (QED) is 0.895. The molecule has 1 unspecified atom stereocenters. The molecule has 1 aliphatic heterocycles. The number of rotatable bonds is 4. The van der Waals surface area contributed by atoms with Crippen LogP contribution in [-0.4, -0.2) is 23.2 Å². The van der Waals surface area contributed by atoms with Crippen molar-refractivity contribution in [3.8, 4) is 0 Å². The van der Waals surface area contributed by atoms with Gasteiger partial charge in [-0.2, -0.15) is 0 Å². The molecule has 1 fully saturated rings. The predicted octanol–water partition coefficient (Wildman–Crippen LogP) is 4.30. The molecule has 1 saturated heterocycles. The average molecular weight is 327 g/mol. The largest absolute Gasteiger partial charge is 0.375 e. The molecule has 4 heteroatoms. The molecule has 0 amide bonds. The summed E-state index contributed by atoms with van der Waals surface area (Å²) in [5.41, 5.74) is 1.22. The van der Waals surface area contributed by atoms with Crippen molar-refractivity contribution in [3.05, 3.63) is 22.3 Å². The molecule has 1 aromatic heterocycles. The summed E-state index contributed by atoms with van der Waals surface area (Å²) in [5, 5.41) is 3.56. The van der Waals surface area contributed by atoms with Crippen molar-refractivity contribution in [1.29, 1.82) is 0 Å². The zero-order chi connectivity index (χ0) is 13.9. The van der Waals surface area contributed by atoms with Crippen molar-refractivity contribution in [2.24, 2.45) is 0 Å². The maximum atomic E-state index is 6.01. The smallest absolute Gasteiger partial charge is 0.140 e. The lowest BCUT2D eigenvalue weighted by Gasteiger charge is -2.40. The maximum absolute atomic E-state index is 6.01. The molecule has 0 saturated carbocycles.